The number of aldehydes is 1. The Kier molecular flexibility index (Phi) is 4.10. The zero-order valence-corrected chi connectivity index (χ0v) is 10.9. The number of hydrogen-bond acceptors (Lipinski definition) is 3. The van der Waals surface area contributed by atoms with Crippen molar-refractivity contribution in [3.05, 3.63) is 35.1 Å². The lowest BCUT2D eigenvalue weighted by Crippen LogP contribution is -2.00. The highest BCUT2D eigenvalue weighted by atomic mass is 35.5. The van der Waals surface area contributed by atoms with Crippen LogP contribution in [0, 0.1) is 0 Å². The minimum absolute atomic E-state index is 0.555. The molecule has 0 saturated carbocycles. The molecule has 0 aliphatic rings. The molecule has 1 aromatic carbocycles. The van der Waals surface area contributed by atoms with E-state index < -0.39 is 0 Å². The van der Waals surface area contributed by atoms with Crippen LogP contribution in [0.25, 0.3) is 11.4 Å². The van der Waals surface area contributed by atoms with Gasteiger partial charge in [0.15, 0.2) is 5.82 Å². The third-order valence-corrected chi connectivity index (χ3v) is 3.01. The van der Waals surface area contributed by atoms with Crippen molar-refractivity contribution >= 4 is 17.9 Å². The standard InChI is InChI=1S/C13H14ClN3O/c1-17-12(7-2-3-8-18)15-16-13(17)10-5-4-6-11(14)9-10/h4-6,8-9H,2-3,7H2,1H3. The van der Waals surface area contributed by atoms with E-state index in [1.165, 1.54) is 0 Å². The number of benzene rings is 1. The predicted molar refractivity (Wildman–Crippen MR) is 70.5 cm³/mol. The highest BCUT2D eigenvalue weighted by Crippen LogP contribution is 2.21. The Balaban J connectivity index is 2.22. The fraction of sp³-hybridized carbons (Fsp3) is 0.308. The van der Waals surface area contributed by atoms with Crippen LogP contribution in [0.15, 0.2) is 24.3 Å². The van der Waals surface area contributed by atoms with Crippen LogP contribution < -0.4 is 0 Å². The van der Waals surface area contributed by atoms with E-state index in [1.54, 1.807) is 0 Å². The van der Waals surface area contributed by atoms with E-state index in [9.17, 15) is 4.79 Å². The van der Waals surface area contributed by atoms with Gasteiger partial charge in [0.05, 0.1) is 0 Å². The summed E-state index contributed by atoms with van der Waals surface area (Å²) < 4.78 is 1.94. The van der Waals surface area contributed by atoms with Crippen molar-refractivity contribution in [3.8, 4) is 11.4 Å². The first-order valence-electron chi connectivity index (χ1n) is 5.80. The molecule has 1 heterocycles. The van der Waals surface area contributed by atoms with Gasteiger partial charge in [-0.1, -0.05) is 23.7 Å². The maximum atomic E-state index is 10.3. The van der Waals surface area contributed by atoms with E-state index in [0.29, 0.717) is 11.4 Å². The average Bonchev–Trinajstić information content (AvgIpc) is 2.72. The van der Waals surface area contributed by atoms with Crippen molar-refractivity contribution in [2.24, 2.45) is 7.05 Å². The summed E-state index contributed by atoms with van der Waals surface area (Å²) in [6.07, 6.45) is 3.03. The van der Waals surface area contributed by atoms with Gasteiger partial charge in [0.25, 0.3) is 0 Å². The van der Waals surface area contributed by atoms with Gasteiger partial charge in [0, 0.05) is 30.5 Å². The lowest BCUT2D eigenvalue weighted by Gasteiger charge is -2.03. The summed E-state index contributed by atoms with van der Waals surface area (Å²) in [5, 5.41) is 9.00. The van der Waals surface area contributed by atoms with Gasteiger partial charge in [-0.3, -0.25) is 0 Å². The van der Waals surface area contributed by atoms with Gasteiger partial charge in [-0.15, -0.1) is 10.2 Å². The zero-order valence-electron chi connectivity index (χ0n) is 10.1. The molecule has 2 aromatic rings. The number of unbranched alkanes of at least 4 members (excludes halogenated alkanes) is 1. The van der Waals surface area contributed by atoms with Gasteiger partial charge in [0.2, 0.25) is 0 Å². The largest absolute Gasteiger partial charge is 0.314 e. The third kappa shape index (κ3) is 2.76. The predicted octanol–water partition coefficient (Wildman–Crippen LogP) is 2.66. The second-order valence-corrected chi connectivity index (χ2v) is 4.50. The van der Waals surface area contributed by atoms with Crippen LogP contribution in [0.5, 0.6) is 0 Å². The maximum Gasteiger partial charge on any atom is 0.163 e. The molecule has 0 bridgehead atoms. The van der Waals surface area contributed by atoms with Crippen LogP contribution in [0.1, 0.15) is 18.7 Å². The van der Waals surface area contributed by atoms with Crippen molar-refractivity contribution in [2.75, 3.05) is 0 Å². The number of halogens is 1. The number of aryl methyl sites for hydroxylation is 1. The van der Waals surface area contributed by atoms with Crippen LogP contribution in [-0.2, 0) is 18.3 Å². The Morgan fingerprint density at radius 1 is 1.39 bits per heavy atom. The Labute approximate surface area is 111 Å². The summed E-state index contributed by atoms with van der Waals surface area (Å²) in [5.74, 6) is 1.67. The van der Waals surface area contributed by atoms with E-state index in [-0.39, 0.29) is 0 Å². The molecule has 94 valence electrons. The SMILES string of the molecule is Cn1c(CCCC=O)nnc1-c1cccc(Cl)c1. The molecule has 0 radical (unpaired) electrons. The monoisotopic (exact) mass is 263 g/mol. The number of carbonyl (C=O) groups excluding carboxylic acids is 1. The van der Waals surface area contributed by atoms with Crippen LogP contribution >= 0.6 is 11.6 Å². The van der Waals surface area contributed by atoms with Gasteiger partial charge in [-0.25, -0.2) is 0 Å². The van der Waals surface area contributed by atoms with Gasteiger partial charge < -0.3 is 9.36 Å². The molecule has 5 heteroatoms. The molecule has 0 aliphatic heterocycles. The normalized spacial score (nSPS) is 10.6. The molecule has 0 unspecified atom stereocenters. The van der Waals surface area contributed by atoms with Crippen molar-refractivity contribution in [1.82, 2.24) is 14.8 Å². The summed E-state index contributed by atoms with van der Waals surface area (Å²) in [6, 6.07) is 7.52. The maximum absolute atomic E-state index is 10.3. The van der Waals surface area contributed by atoms with Gasteiger partial charge in [-0.2, -0.15) is 0 Å². The molecule has 0 amide bonds. The lowest BCUT2D eigenvalue weighted by molar-refractivity contribution is -0.107. The minimum atomic E-state index is 0.555. The Morgan fingerprint density at radius 3 is 2.94 bits per heavy atom. The molecule has 0 fully saturated rings. The van der Waals surface area contributed by atoms with E-state index in [2.05, 4.69) is 10.2 Å². The van der Waals surface area contributed by atoms with Crippen LogP contribution in [0.4, 0.5) is 0 Å². The second-order valence-electron chi connectivity index (χ2n) is 4.07. The molecule has 0 atom stereocenters. The number of rotatable bonds is 5. The highest BCUT2D eigenvalue weighted by molar-refractivity contribution is 6.30. The third-order valence-electron chi connectivity index (χ3n) is 2.77. The molecule has 2 rings (SSSR count). The van der Waals surface area contributed by atoms with E-state index in [4.69, 9.17) is 11.6 Å². The van der Waals surface area contributed by atoms with Crippen LogP contribution in [0.2, 0.25) is 5.02 Å². The van der Waals surface area contributed by atoms with Crippen molar-refractivity contribution in [2.45, 2.75) is 19.3 Å². The summed E-state index contributed by atoms with van der Waals surface area (Å²) in [5.41, 5.74) is 0.944. The molecular formula is C13H14ClN3O. The van der Waals surface area contributed by atoms with Gasteiger partial charge >= 0.3 is 0 Å². The Bertz CT molecular complexity index is 551. The molecule has 0 aliphatic carbocycles. The van der Waals surface area contributed by atoms with E-state index >= 15 is 0 Å². The fourth-order valence-electron chi connectivity index (χ4n) is 1.80. The second kappa shape index (κ2) is 5.78. The summed E-state index contributed by atoms with van der Waals surface area (Å²) >= 11 is 5.96. The molecule has 0 saturated heterocycles. The molecule has 4 nitrogen and oxygen atoms in total. The summed E-state index contributed by atoms with van der Waals surface area (Å²) in [6.45, 7) is 0. The first kappa shape index (κ1) is 12.8. The zero-order chi connectivity index (χ0) is 13.0. The first-order valence-corrected chi connectivity index (χ1v) is 6.18. The average molecular weight is 264 g/mol. The first-order chi connectivity index (χ1) is 8.72. The summed E-state index contributed by atoms with van der Waals surface area (Å²) in [4.78, 5) is 10.3. The summed E-state index contributed by atoms with van der Waals surface area (Å²) in [7, 11) is 1.92. The molecule has 0 spiro atoms. The molecule has 18 heavy (non-hydrogen) atoms. The quantitative estimate of drug-likeness (QED) is 0.615. The Morgan fingerprint density at radius 2 is 2.22 bits per heavy atom. The molecule has 0 N–H and O–H groups in total. The highest BCUT2D eigenvalue weighted by Gasteiger charge is 2.10. The lowest BCUT2D eigenvalue weighted by atomic mass is 10.2. The molecule has 1 aromatic heterocycles. The fourth-order valence-corrected chi connectivity index (χ4v) is 1.99. The number of hydrogen-bond donors (Lipinski definition) is 0. The van der Waals surface area contributed by atoms with Gasteiger partial charge in [-0.05, 0) is 18.6 Å². The molecular weight excluding hydrogens is 250 g/mol. The van der Waals surface area contributed by atoms with Crippen molar-refractivity contribution in [3.63, 3.8) is 0 Å². The van der Waals surface area contributed by atoms with E-state index in [1.807, 2.05) is 35.9 Å². The van der Waals surface area contributed by atoms with Crippen LogP contribution in [-0.4, -0.2) is 21.1 Å². The van der Waals surface area contributed by atoms with E-state index in [0.717, 1.165) is 36.3 Å². The van der Waals surface area contributed by atoms with Gasteiger partial charge in [0.1, 0.15) is 12.1 Å². The minimum Gasteiger partial charge on any atom is -0.314 e. The number of aromatic nitrogens is 3. The van der Waals surface area contributed by atoms with Crippen molar-refractivity contribution in [1.29, 1.82) is 0 Å². The number of nitrogens with zero attached hydrogens (tertiary/aromatic N) is 3. The topological polar surface area (TPSA) is 47.8 Å². The van der Waals surface area contributed by atoms with Crippen molar-refractivity contribution < 1.29 is 4.79 Å². The number of carbonyl (C=O) groups is 1. The van der Waals surface area contributed by atoms with Crippen LogP contribution in [0.3, 0.4) is 0 Å². The smallest absolute Gasteiger partial charge is 0.163 e. The Hall–Kier alpha value is -1.68.